The monoisotopic (exact) mass is 384 g/mol. The van der Waals surface area contributed by atoms with Crippen LogP contribution in [-0.2, 0) is 4.79 Å². The highest BCUT2D eigenvalue weighted by molar-refractivity contribution is 5.91. The van der Waals surface area contributed by atoms with Crippen LogP contribution in [0.1, 0.15) is 41.9 Å². The van der Waals surface area contributed by atoms with E-state index in [4.69, 9.17) is 13.9 Å². The van der Waals surface area contributed by atoms with Crippen LogP contribution in [0.4, 0.5) is 0 Å². The molecule has 0 saturated carbocycles. The Bertz CT molecular complexity index is 840. The Morgan fingerprint density at radius 2 is 1.86 bits per heavy atom. The van der Waals surface area contributed by atoms with E-state index in [-0.39, 0.29) is 23.8 Å². The van der Waals surface area contributed by atoms with E-state index in [2.05, 4.69) is 5.32 Å². The van der Waals surface area contributed by atoms with Gasteiger partial charge >= 0.3 is 0 Å². The summed E-state index contributed by atoms with van der Waals surface area (Å²) in [7, 11) is 0. The van der Waals surface area contributed by atoms with Crippen molar-refractivity contribution in [3.8, 4) is 11.5 Å². The molecule has 2 aliphatic heterocycles. The number of nitrogens with one attached hydrogen (secondary N) is 1. The number of carbonyl (C=O) groups is 2. The number of fused-ring (bicyclic) bond motifs is 1. The predicted molar refractivity (Wildman–Crippen MR) is 101 cm³/mol. The minimum absolute atomic E-state index is 0.0208. The first kappa shape index (κ1) is 18.4. The van der Waals surface area contributed by atoms with Gasteiger partial charge in [0.25, 0.3) is 5.91 Å². The predicted octanol–water partition coefficient (Wildman–Crippen LogP) is 2.78. The number of piperidine rings is 1. The lowest BCUT2D eigenvalue weighted by Crippen LogP contribution is -2.43. The van der Waals surface area contributed by atoms with E-state index in [1.54, 1.807) is 17.0 Å². The van der Waals surface area contributed by atoms with E-state index in [1.807, 2.05) is 25.1 Å². The molecule has 1 fully saturated rings. The normalized spacial score (nSPS) is 17.8. The first-order valence-electron chi connectivity index (χ1n) is 9.64. The van der Waals surface area contributed by atoms with E-state index in [0.717, 1.165) is 17.1 Å². The molecule has 7 heteroatoms. The third-order valence-corrected chi connectivity index (χ3v) is 5.31. The third kappa shape index (κ3) is 3.83. The lowest BCUT2D eigenvalue weighted by atomic mass is 9.95. The highest BCUT2D eigenvalue weighted by Crippen LogP contribution is 2.32. The SMILES string of the molecule is CC(NC(=O)C1CCN(C(=O)c2ccco2)CC1)c1ccc2c(c1)OCCO2. The molecule has 7 nitrogen and oxygen atoms in total. The molecule has 1 unspecified atom stereocenters. The first-order valence-corrected chi connectivity index (χ1v) is 9.64. The van der Waals surface area contributed by atoms with E-state index in [1.165, 1.54) is 6.26 Å². The molecule has 1 N–H and O–H groups in total. The Balaban J connectivity index is 1.31. The van der Waals surface area contributed by atoms with Crippen molar-refractivity contribution < 1.29 is 23.5 Å². The van der Waals surface area contributed by atoms with Crippen LogP contribution in [0.5, 0.6) is 11.5 Å². The molecule has 0 aliphatic carbocycles. The van der Waals surface area contributed by atoms with Crippen LogP contribution in [-0.4, -0.2) is 43.0 Å². The van der Waals surface area contributed by atoms with Gasteiger partial charge in [-0.25, -0.2) is 0 Å². The Morgan fingerprint density at radius 3 is 2.57 bits per heavy atom. The second-order valence-corrected chi connectivity index (χ2v) is 7.18. The number of amides is 2. The Labute approximate surface area is 163 Å². The van der Waals surface area contributed by atoms with Crippen LogP contribution >= 0.6 is 0 Å². The van der Waals surface area contributed by atoms with Crippen molar-refractivity contribution in [1.82, 2.24) is 10.2 Å². The van der Waals surface area contributed by atoms with Gasteiger partial charge in [0.2, 0.25) is 5.91 Å². The van der Waals surface area contributed by atoms with Crippen molar-refractivity contribution in [2.24, 2.45) is 5.92 Å². The second-order valence-electron chi connectivity index (χ2n) is 7.18. The van der Waals surface area contributed by atoms with Gasteiger partial charge < -0.3 is 24.1 Å². The topological polar surface area (TPSA) is 81.0 Å². The fourth-order valence-electron chi connectivity index (χ4n) is 3.64. The fraction of sp³-hybridized carbons (Fsp3) is 0.429. The molecule has 148 valence electrons. The maximum Gasteiger partial charge on any atom is 0.289 e. The Kier molecular flexibility index (Phi) is 5.23. The summed E-state index contributed by atoms with van der Waals surface area (Å²) in [6.07, 6.45) is 2.78. The van der Waals surface area contributed by atoms with E-state index < -0.39 is 0 Å². The fourth-order valence-corrected chi connectivity index (χ4v) is 3.64. The van der Waals surface area contributed by atoms with Crippen molar-refractivity contribution in [3.05, 3.63) is 47.9 Å². The number of rotatable bonds is 4. The van der Waals surface area contributed by atoms with E-state index in [9.17, 15) is 9.59 Å². The van der Waals surface area contributed by atoms with Gasteiger partial charge in [-0.3, -0.25) is 9.59 Å². The molecule has 1 atom stereocenters. The number of benzene rings is 1. The largest absolute Gasteiger partial charge is 0.486 e. The number of likely N-dealkylation sites (tertiary alicyclic amines) is 1. The van der Waals surface area contributed by atoms with Gasteiger partial charge in [0, 0.05) is 19.0 Å². The minimum atomic E-state index is -0.133. The molecule has 2 aliphatic rings. The molecular weight excluding hydrogens is 360 g/mol. The number of furan rings is 1. The van der Waals surface area contributed by atoms with Gasteiger partial charge in [0.1, 0.15) is 13.2 Å². The van der Waals surface area contributed by atoms with Crippen molar-refractivity contribution in [1.29, 1.82) is 0 Å². The number of hydrogen-bond acceptors (Lipinski definition) is 5. The molecule has 0 spiro atoms. The van der Waals surface area contributed by atoms with Crippen molar-refractivity contribution >= 4 is 11.8 Å². The van der Waals surface area contributed by atoms with Gasteiger partial charge in [-0.05, 0) is 49.6 Å². The molecule has 4 rings (SSSR count). The van der Waals surface area contributed by atoms with Crippen LogP contribution in [0.3, 0.4) is 0 Å². The van der Waals surface area contributed by atoms with Gasteiger partial charge in [-0.1, -0.05) is 6.07 Å². The van der Waals surface area contributed by atoms with Crippen LogP contribution in [0.25, 0.3) is 0 Å². The molecule has 3 heterocycles. The lowest BCUT2D eigenvalue weighted by Gasteiger charge is -2.31. The first-order chi connectivity index (χ1) is 13.6. The number of nitrogens with zero attached hydrogens (tertiary/aromatic N) is 1. The van der Waals surface area contributed by atoms with Crippen molar-refractivity contribution in [3.63, 3.8) is 0 Å². The van der Waals surface area contributed by atoms with Gasteiger partial charge in [-0.15, -0.1) is 0 Å². The molecule has 2 amide bonds. The lowest BCUT2D eigenvalue weighted by molar-refractivity contribution is -0.127. The van der Waals surface area contributed by atoms with Gasteiger partial charge in [0.15, 0.2) is 17.3 Å². The summed E-state index contributed by atoms with van der Waals surface area (Å²) in [6, 6.07) is 8.98. The van der Waals surface area contributed by atoms with Crippen LogP contribution < -0.4 is 14.8 Å². The van der Waals surface area contributed by atoms with Gasteiger partial charge in [0.05, 0.1) is 12.3 Å². The molecule has 1 aromatic carbocycles. The number of ether oxygens (including phenoxy) is 2. The highest BCUT2D eigenvalue weighted by Gasteiger charge is 2.29. The zero-order valence-corrected chi connectivity index (χ0v) is 15.8. The van der Waals surface area contributed by atoms with Crippen LogP contribution in [0.15, 0.2) is 41.0 Å². The summed E-state index contributed by atoms with van der Waals surface area (Å²) in [4.78, 5) is 26.8. The summed E-state index contributed by atoms with van der Waals surface area (Å²) >= 11 is 0. The molecule has 1 aromatic heterocycles. The smallest absolute Gasteiger partial charge is 0.289 e. The van der Waals surface area contributed by atoms with Crippen molar-refractivity contribution in [2.75, 3.05) is 26.3 Å². The molecule has 0 radical (unpaired) electrons. The minimum Gasteiger partial charge on any atom is -0.486 e. The summed E-state index contributed by atoms with van der Waals surface area (Å²) in [5.74, 6) is 1.60. The Morgan fingerprint density at radius 1 is 1.11 bits per heavy atom. The van der Waals surface area contributed by atoms with Crippen molar-refractivity contribution in [2.45, 2.75) is 25.8 Å². The Hall–Kier alpha value is -2.96. The zero-order valence-electron chi connectivity index (χ0n) is 15.8. The van der Waals surface area contributed by atoms with Crippen LogP contribution in [0.2, 0.25) is 0 Å². The summed E-state index contributed by atoms with van der Waals surface area (Å²) in [5.41, 5.74) is 0.975. The summed E-state index contributed by atoms with van der Waals surface area (Å²) < 4.78 is 16.3. The maximum atomic E-state index is 12.7. The molecular formula is C21H24N2O5. The molecule has 28 heavy (non-hydrogen) atoms. The van der Waals surface area contributed by atoms with E-state index >= 15 is 0 Å². The van der Waals surface area contributed by atoms with Crippen LogP contribution in [0, 0.1) is 5.92 Å². The third-order valence-electron chi connectivity index (χ3n) is 5.31. The van der Waals surface area contributed by atoms with E-state index in [0.29, 0.717) is 44.9 Å². The zero-order chi connectivity index (χ0) is 19.5. The molecule has 0 bridgehead atoms. The molecule has 2 aromatic rings. The standard InChI is InChI=1S/C21H24N2O5/c1-14(16-4-5-17-19(13-16)28-12-11-27-17)22-20(24)15-6-8-23(9-7-15)21(25)18-3-2-10-26-18/h2-5,10,13-15H,6-9,11-12H2,1H3,(H,22,24). The second kappa shape index (κ2) is 7.96. The van der Waals surface area contributed by atoms with Gasteiger partial charge in [-0.2, -0.15) is 0 Å². The maximum absolute atomic E-state index is 12.7. The number of hydrogen-bond donors (Lipinski definition) is 1. The number of carbonyl (C=O) groups excluding carboxylic acids is 2. The molecule has 1 saturated heterocycles. The average molecular weight is 384 g/mol. The average Bonchev–Trinajstić information content (AvgIpc) is 3.28. The summed E-state index contributed by atoms with van der Waals surface area (Å²) in [6.45, 7) is 4.15. The summed E-state index contributed by atoms with van der Waals surface area (Å²) in [5, 5.41) is 3.09. The highest BCUT2D eigenvalue weighted by atomic mass is 16.6. The quantitative estimate of drug-likeness (QED) is 0.877.